The molecule has 8 heteroatoms. The van der Waals surface area contributed by atoms with Crippen LogP contribution in [0.1, 0.15) is 5.56 Å². The van der Waals surface area contributed by atoms with Crippen LogP contribution in [0.4, 0.5) is 8.78 Å². The van der Waals surface area contributed by atoms with Gasteiger partial charge in [-0.2, -0.15) is 0 Å². The molecule has 0 unspecified atom stereocenters. The molecule has 0 saturated heterocycles. The molecule has 0 bridgehead atoms. The number of nitrogens with one attached hydrogen (secondary N) is 1. The molecule has 1 heterocycles. The first-order valence-electron chi connectivity index (χ1n) is 7.95. The lowest BCUT2D eigenvalue weighted by Crippen LogP contribution is -2.30. The average molecular weight is 384 g/mol. The van der Waals surface area contributed by atoms with Crippen LogP contribution in [0.15, 0.2) is 30.3 Å². The van der Waals surface area contributed by atoms with Crippen LogP contribution in [-0.2, 0) is 11.2 Å². The maximum atomic E-state index is 13.4. The molecule has 1 amide bonds. The van der Waals surface area contributed by atoms with Crippen molar-refractivity contribution >= 4 is 17.5 Å². The summed E-state index contributed by atoms with van der Waals surface area (Å²) in [6.07, 6.45) is 0.521. The highest BCUT2D eigenvalue weighted by Gasteiger charge is 2.16. The van der Waals surface area contributed by atoms with Gasteiger partial charge in [0.1, 0.15) is 19.0 Å². The number of halogens is 3. The van der Waals surface area contributed by atoms with Crippen LogP contribution in [0.3, 0.4) is 0 Å². The Morgan fingerprint density at radius 3 is 2.81 bits per heavy atom. The SMILES string of the molecule is O=C(COc1ccc(F)cc1F)NCCc1cc(Cl)c2c(c1)OCCO2. The average Bonchev–Trinajstić information content (AvgIpc) is 2.61. The first-order valence-corrected chi connectivity index (χ1v) is 8.33. The Labute approximate surface area is 153 Å². The maximum Gasteiger partial charge on any atom is 0.257 e. The molecule has 0 aromatic heterocycles. The summed E-state index contributed by atoms with van der Waals surface area (Å²) in [6, 6.07) is 6.46. The number of amides is 1. The summed E-state index contributed by atoms with van der Waals surface area (Å²) in [5.74, 6) is -1.06. The van der Waals surface area contributed by atoms with E-state index in [1.807, 2.05) is 6.07 Å². The highest BCUT2D eigenvalue weighted by molar-refractivity contribution is 6.32. The van der Waals surface area contributed by atoms with Gasteiger partial charge in [-0.1, -0.05) is 11.6 Å². The lowest BCUT2D eigenvalue weighted by atomic mass is 10.1. The van der Waals surface area contributed by atoms with Crippen LogP contribution >= 0.6 is 11.6 Å². The van der Waals surface area contributed by atoms with Gasteiger partial charge in [0, 0.05) is 12.6 Å². The molecule has 0 atom stereocenters. The summed E-state index contributed by atoms with van der Waals surface area (Å²) in [5, 5.41) is 3.11. The van der Waals surface area contributed by atoms with E-state index in [4.69, 9.17) is 25.8 Å². The normalized spacial score (nSPS) is 12.6. The van der Waals surface area contributed by atoms with E-state index in [9.17, 15) is 13.6 Å². The number of ether oxygens (including phenoxy) is 3. The lowest BCUT2D eigenvalue weighted by molar-refractivity contribution is -0.123. The van der Waals surface area contributed by atoms with E-state index in [1.165, 1.54) is 0 Å². The second-order valence-corrected chi connectivity index (χ2v) is 5.97. The van der Waals surface area contributed by atoms with Gasteiger partial charge in [-0.25, -0.2) is 8.78 Å². The number of benzene rings is 2. The van der Waals surface area contributed by atoms with Gasteiger partial charge in [0.15, 0.2) is 29.7 Å². The Morgan fingerprint density at radius 1 is 1.19 bits per heavy atom. The zero-order valence-corrected chi connectivity index (χ0v) is 14.4. The van der Waals surface area contributed by atoms with E-state index in [-0.39, 0.29) is 12.4 Å². The number of hydrogen-bond donors (Lipinski definition) is 1. The predicted molar refractivity (Wildman–Crippen MR) is 91.0 cm³/mol. The molecule has 138 valence electrons. The molecule has 1 aliphatic heterocycles. The highest BCUT2D eigenvalue weighted by Crippen LogP contribution is 2.38. The molecular formula is C18H16ClF2NO4. The van der Waals surface area contributed by atoms with Crippen molar-refractivity contribution in [3.8, 4) is 17.2 Å². The monoisotopic (exact) mass is 383 g/mol. The third-order valence-corrected chi connectivity index (χ3v) is 3.93. The molecule has 5 nitrogen and oxygen atoms in total. The second kappa shape index (κ2) is 8.23. The smallest absolute Gasteiger partial charge is 0.257 e. The van der Waals surface area contributed by atoms with E-state index in [2.05, 4.69) is 5.32 Å². The molecule has 26 heavy (non-hydrogen) atoms. The molecule has 2 aromatic rings. The number of carbonyl (C=O) groups excluding carboxylic acids is 1. The molecule has 0 radical (unpaired) electrons. The third-order valence-electron chi connectivity index (χ3n) is 3.65. The van der Waals surface area contributed by atoms with E-state index >= 15 is 0 Å². The van der Waals surface area contributed by atoms with Crippen LogP contribution in [0, 0.1) is 11.6 Å². The number of carbonyl (C=O) groups is 1. The molecule has 0 fully saturated rings. The van der Waals surface area contributed by atoms with E-state index in [0.29, 0.717) is 48.8 Å². The van der Waals surface area contributed by atoms with Gasteiger partial charge in [0.2, 0.25) is 0 Å². The molecule has 1 aliphatic rings. The highest BCUT2D eigenvalue weighted by atomic mass is 35.5. The van der Waals surface area contributed by atoms with Crippen LogP contribution < -0.4 is 19.5 Å². The predicted octanol–water partition coefficient (Wildman–Crippen LogP) is 3.13. The fourth-order valence-corrected chi connectivity index (χ4v) is 2.73. The van der Waals surface area contributed by atoms with Crippen LogP contribution in [0.5, 0.6) is 17.2 Å². The molecule has 1 N–H and O–H groups in total. The third kappa shape index (κ3) is 4.54. The zero-order valence-electron chi connectivity index (χ0n) is 13.7. The van der Waals surface area contributed by atoms with E-state index in [0.717, 1.165) is 17.7 Å². The van der Waals surface area contributed by atoms with Crippen LogP contribution in [-0.4, -0.2) is 32.3 Å². The van der Waals surface area contributed by atoms with Gasteiger partial charge in [-0.3, -0.25) is 4.79 Å². The Balaban J connectivity index is 1.47. The van der Waals surface area contributed by atoms with Crippen molar-refractivity contribution in [1.82, 2.24) is 5.32 Å². The minimum Gasteiger partial charge on any atom is -0.486 e. The Bertz CT molecular complexity index is 816. The summed E-state index contributed by atoms with van der Waals surface area (Å²) < 4.78 is 42.2. The molecular weight excluding hydrogens is 368 g/mol. The van der Waals surface area contributed by atoms with Crippen molar-refractivity contribution in [2.24, 2.45) is 0 Å². The van der Waals surface area contributed by atoms with Crippen molar-refractivity contribution in [3.63, 3.8) is 0 Å². The second-order valence-electron chi connectivity index (χ2n) is 5.57. The number of hydrogen-bond acceptors (Lipinski definition) is 4. The number of fused-ring (bicyclic) bond motifs is 1. The minimum atomic E-state index is -0.858. The molecule has 3 rings (SSSR count). The summed E-state index contributed by atoms with van der Waals surface area (Å²) >= 11 is 6.16. The first kappa shape index (κ1) is 18.3. The van der Waals surface area contributed by atoms with Gasteiger partial charge in [-0.05, 0) is 36.2 Å². The Hall–Kier alpha value is -2.54. The van der Waals surface area contributed by atoms with Crippen molar-refractivity contribution in [2.75, 3.05) is 26.4 Å². The van der Waals surface area contributed by atoms with E-state index < -0.39 is 17.5 Å². The minimum absolute atomic E-state index is 0.180. The summed E-state index contributed by atoms with van der Waals surface area (Å²) in [5.41, 5.74) is 0.880. The Kier molecular flexibility index (Phi) is 5.78. The molecule has 0 aliphatic carbocycles. The van der Waals surface area contributed by atoms with Gasteiger partial charge in [-0.15, -0.1) is 0 Å². The summed E-state index contributed by atoms with van der Waals surface area (Å²) in [7, 11) is 0. The largest absolute Gasteiger partial charge is 0.486 e. The number of rotatable bonds is 6. The molecule has 0 spiro atoms. The van der Waals surface area contributed by atoms with Crippen molar-refractivity contribution in [3.05, 3.63) is 52.6 Å². The summed E-state index contributed by atoms with van der Waals surface area (Å²) in [4.78, 5) is 11.8. The summed E-state index contributed by atoms with van der Waals surface area (Å²) in [6.45, 7) is 0.881. The van der Waals surface area contributed by atoms with Gasteiger partial charge in [0.25, 0.3) is 5.91 Å². The first-order chi connectivity index (χ1) is 12.5. The van der Waals surface area contributed by atoms with Crippen molar-refractivity contribution in [1.29, 1.82) is 0 Å². The van der Waals surface area contributed by atoms with Crippen LogP contribution in [0.25, 0.3) is 0 Å². The van der Waals surface area contributed by atoms with E-state index in [1.54, 1.807) is 6.07 Å². The molecule has 0 saturated carbocycles. The van der Waals surface area contributed by atoms with Gasteiger partial charge >= 0.3 is 0 Å². The standard InChI is InChI=1S/C18H16ClF2NO4/c19-13-7-11(8-16-18(13)25-6-5-24-16)3-4-22-17(23)10-26-15-2-1-12(20)9-14(15)21/h1-2,7-9H,3-6,10H2,(H,22,23). The fraction of sp³-hybridized carbons (Fsp3) is 0.278. The topological polar surface area (TPSA) is 56.8 Å². The lowest BCUT2D eigenvalue weighted by Gasteiger charge is -2.20. The maximum absolute atomic E-state index is 13.4. The van der Waals surface area contributed by atoms with Crippen LogP contribution in [0.2, 0.25) is 5.02 Å². The molecule has 2 aromatic carbocycles. The zero-order chi connectivity index (χ0) is 18.5. The van der Waals surface area contributed by atoms with Crippen molar-refractivity contribution in [2.45, 2.75) is 6.42 Å². The van der Waals surface area contributed by atoms with Crippen molar-refractivity contribution < 1.29 is 27.8 Å². The van der Waals surface area contributed by atoms with Gasteiger partial charge < -0.3 is 19.5 Å². The quantitative estimate of drug-likeness (QED) is 0.832. The fourth-order valence-electron chi connectivity index (χ4n) is 2.44. The Morgan fingerprint density at radius 2 is 2.00 bits per heavy atom. The van der Waals surface area contributed by atoms with Gasteiger partial charge in [0.05, 0.1) is 5.02 Å².